The van der Waals surface area contributed by atoms with Gasteiger partial charge in [0.15, 0.2) is 11.7 Å². The summed E-state index contributed by atoms with van der Waals surface area (Å²) in [6.45, 7) is 0. The molecular weight excluding hydrogens is 507 g/mol. The SMILES string of the molecule is COc1ccc(C2CC(C(F)(F)F)n3nc(C(=O)Nc4sc5c(c4C(N)=O)CCCCC5)cc3N2)cc1. The second kappa shape index (κ2) is 9.73. The number of anilines is 2. The summed E-state index contributed by atoms with van der Waals surface area (Å²) < 4.78 is 48.0. The van der Waals surface area contributed by atoms with Crippen LogP contribution in [0.3, 0.4) is 0 Å². The molecule has 196 valence electrons. The lowest BCUT2D eigenvalue weighted by Crippen LogP contribution is -2.35. The first kappa shape index (κ1) is 25.1. The molecule has 0 saturated carbocycles. The first-order valence-electron chi connectivity index (χ1n) is 12.0. The van der Waals surface area contributed by atoms with E-state index >= 15 is 0 Å². The van der Waals surface area contributed by atoms with Gasteiger partial charge in [-0.05, 0) is 48.9 Å². The summed E-state index contributed by atoms with van der Waals surface area (Å²) in [5.41, 5.74) is 7.24. The Balaban J connectivity index is 1.44. The van der Waals surface area contributed by atoms with Gasteiger partial charge in [0.2, 0.25) is 0 Å². The van der Waals surface area contributed by atoms with Crippen molar-refractivity contribution < 1.29 is 27.5 Å². The number of thiophene rings is 1. The molecule has 1 aliphatic carbocycles. The van der Waals surface area contributed by atoms with E-state index < -0.39 is 30.1 Å². The second-order valence-electron chi connectivity index (χ2n) is 9.21. The average molecular weight is 534 g/mol. The summed E-state index contributed by atoms with van der Waals surface area (Å²) in [6.07, 6.45) is -0.438. The standard InChI is InChI=1S/C25H26F3N5O3S/c1-36-14-9-7-13(8-10-14)16-11-19(25(26,27)28)33-20(30-16)12-17(32-33)23(35)31-24-21(22(29)34)15-5-3-2-4-6-18(15)37-24/h7-10,12,16,19,30H,2-6,11H2,1H3,(H2,29,34)(H,31,35). The van der Waals surface area contributed by atoms with E-state index in [0.29, 0.717) is 22.7 Å². The molecule has 3 heterocycles. The number of rotatable bonds is 5. The van der Waals surface area contributed by atoms with E-state index in [1.54, 1.807) is 24.3 Å². The fourth-order valence-electron chi connectivity index (χ4n) is 5.00. The van der Waals surface area contributed by atoms with Crippen molar-refractivity contribution in [1.82, 2.24) is 9.78 Å². The Morgan fingerprint density at radius 2 is 1.92 bits per heavy atom. The van der Waals surface area contributed by atoms with E-state index in [9.17, 15) is 22.8 Å². The van der Waals surface area contributed by atoms with Crippen molar-refractivity contribution in [2.24, 2.45) is 5.73 Å². The Morgan fingerprint density at radius 1 is 1.19 bits per heavy atom. The summed E-state index contributed by atoms with van der Waals surface area (Å²) >= 11 is 1.29. The van der Waals surface area contributed by atoms with Crippen molar-refractivity contribution in [2.45, 2.75) is 56.8 Å². The van der Waals surface area contributed by atoms with Crippen LogP contribution < -0.4 is 21.1 Å². The topological polar surface area (TPSA) is 111 Å². The number of carbonyl (C=O) groups is 2. The number of aryl methyl sites for hydroxylation is 1. The van der Waals surface area contributed by atoms with E-state index in [1.165, 1.54) is 24.5 Å². The highest BCUT2D eigenvalue weighted by molar-refractivity contribution is 7.17. The Bertz CT molecular complexity index is 1330. The zero-order chi connectivity index (χ0) is 26.3. The summed E-state index contributed by atoms with van der Waals surface area (Å²) in [4.78, 5) is 26.3. The molecule has 12 heteroatoms. The zero-order valence-electron chi connectivity index (χ0n) is 20.0. The number of methoxy groups -OCH3 is 1. The van der Waals surface area contributed by atoms with Gasteiger partial charge in [-0.3, -0.25) is 9.59 Å². The third-order valence-electron chi connectivity index (χ3n) is 6.84. The molecule has 0 radical (unpaired) electrons. The number of fused-ring (bicyclic) bond motifs is 2. The van der Waals surface area contributed by atoms with Gasteiger partial charge in [-0.2, -0.15) is 18.3 Å². The molecule has 2 aromatic heterocycles. The van der Waals surface area contributed by atoms with Crippen LogP contribution in [0, 0.1) is 0 Å². The first-order chi connectivity index (χ1) is 17.7. The Hall–Kier alpha value is -3.54. The third kappa shape index (κ3) is 4.89. The summed E-state index contributed by atoms with van der Waals surface area (Å²) in [5.74, 6) is -0.668. The normalized spacial score (nSPS) is 19.2. The number of ether oxygens (including phenoxy) is 1. The number of amides is 2. The highest BCUT2D eigenvalue weighted by atomic mass is 32.1. The minimum absolute atomic E-state index is 0.0802. The molecular formula is C25H26F3N5O3S. The number of nitrogens with two attached hydrogens (primary N) is 1. The Kier molecular flexibility index (Phi) is 6.61. The highest BCUT2D eigenvalue weighted by Crippen LogP contribution is 2.44. The van der Waals surface area contributed by atoms with Crippen molar-refractivity contribution in [3.8, 4) is 5.75 Å². The molecule has 0 spiro atoms. The maximum atomic E-state index is 14.0. The number of nitrogens with zero attached hydrogens (tertiary/aromatic N) is 2. The van der Waals surface area contributed by atoms with Crippen LogP contribution in [0.1, 0.15) is 74.6 Å². The molecule has 1 aromatic carbocycles. The molecule has 0 fully saturated rings. The van der Waals surface area contributed by atoms with E-state index in [-0.39, 0.29) is 23.5 Å². The molecule has 0 bridgehead atoms. The first-order valence-corrected chi connectivity index (χ1v) is 12.8. The van der Waals surface area contributed by atoms with Gasteiger partial charge < -0.3 is 21.1 Å². The molecule has 1 aliphatic heterocycles. The maximum absolute atomic E-state index is 14.0. The van der Waals surface area contributed by atoms with Crippen LogP contribution >= 0.6 is 11.3 Å². The van der Waals surface area contributed by atoms with Crippen molar-refractivity contribution >= 4 is 34.0 Å². The molecule has 37 heavy (non-hydrogen) atoms. The van der Waals surface area contributed by atoms with Crippen LogP contribution in [-0.4, -0.2) is 34.9 Å². The number of hydrogen-bond donors (Lipinski definition) is 3. The number of carbonyl (C=O) groups excluding carboxylic acids is 2. The van der Waals surface area contributed by atoms with Gasteiger partial charge in [0.1, 0.15) is 16.6 Å². The van der Waals surface area contributed by atoms with Crippen molar-refractivity contribution in [2.75, 3.05) is 17.7 Å². The molecule has 2 amide bonds. The minimum atomic E-state index is -4.58. The number of aromatic nitrogens is 2. The van der Waals surface area contributed by atoms with Crippen LogP contribution in [-0.2, 0) is 12.8 Å². The third-order valence-corrected chi connectivity index (χ3v) is 8.04. The Labute approximate surface area is 215 Å². The van der Waals surface area contributed by atoms with E-state index in [1.807, 2.05) is 0 Å². The van der Waals surface area contributed by atoms with Crippen LogP contribution in [0.25, 0.3) is 0 Å². The minimum Gasteiger partial charge on any atom is -0.497 e. The lowest BCUT2D eigenvalue weighted by Gasteiger charge is -2.33. The van der Waals surface area contributed by atoms with Crippen molar-refractivity contribution in [3.63, 3.8) is 0 Å². The molecule has 3 aromatic rings. The molecule has 8 nitrogen and oxygen atoms in total. The number of hydrogen-bond acceptors (Lipinski definition) is 6. The van der Waals surface area contributed by atoms with Gasteiger partial charge in [0, 0.05) is 17.4 Å². The largest absolute Gasteiger partial charge is 0.497 e. The highest BCUT2D eigenvalue weighted by Gasteiger charge is 2.47. The number of halogens is 3. The molecule has 0 saturated heterocycles. The van der Waals surface area contributed by atoms with Gasteiger partial charge >= 0.3 is 6.18 Å². The predicted molar refractivity (Wildman–Crippen MR) is 133 cm³/mol. The fourth-order valence-corrected chi connectivity index (χ4v) is 6.29. The van der Waals surface area contributed by atoms with Gasteiger partial charge in [0.25, 0.3) is 11.8 Å². The van der Waals surface area contributed by atoms with E-state index in [2.05, 4.69) is 15.7 Å². The predicted octanol–water partition coefficient (Wildman–Crippen LogP) is 5.23. The molecule has 5 rings (SSSR count). The summed E-state index contributed by atoms with van der Waals surface area (Å²) in [7, 11) is 1.51. The quantitative estimate of drug-likeness (QED) is 0.389. The van der Waals surface area contributed by atoms with Gasteiger partial charge in [-0.1, -0.05) is 18.6 Å². The van der Waals surface area contributed by atoms with Crippen molar-refractivity contribution in [3.05, 3.63) is 57.6 Å². The van der Waals surface area contributed by atoms with Gasteiger partial charge in [-0.15, -0.1) is 11.3 Å². The molecule has 2 aliphatic rings. The summed E-state index contributed by atoms with van der Waals surface area (Å²) in [6, 6.07) is 5.51. The van der Waals surface area contributed by atoms with Gasteiger partial charge in [-0.25, -0.2) is 4.68 Å². The monoisotopic (exact) mass is 533 g/mol. The molecule has 4 N–H and O–H groups in total. The molecule has 2 atom stereocenters. The fraction of sp³-hybridized carbons (Fsp3) is 0.400. The van der Waals surface area contributed by atoms with Crippen LogP contribution in [0.2, 0.25) is 0 Å². The van der Waals surface area contributed by atoms with Crippen molar-refractivity contribution in [1.29, 1.82) is 0 Å². The summed E-state index contributed by atoms with van der Waals surface area (Å²) in [5, 5.41) is 10.1. The number of benzene rings is 1. The second-order valence-corrected chi connectivity index (χ2v) is 10.3. The number of alkyl halides is 3. The lowest BCUT2D eigenvalue weighted by atomic mass is 9.97. The van der Waals surface area contributed by atoms with E-state index in [4.69, 9.17) is 10.5 Å². The maximum Gasteiger partial charge on any atom is 0.410 e. The Morgan fingerprint density at radius 3 is 2.59 bits per heavy atom. The smallest absolute Gasteiger partial charge is 0.410 e. The zero-order valence-corrected chi connectivity index (χ0v) is 20.8. The van der Waals surface area contributed by atoms with Crippen LogP contribution in [0.15, 0.2) is 30.3 Å². The van der Waals surface area contributed by atoms with Gasteiger partial charge in [0.05, 0.1) is 18.7 Å². The van der Waals surface area contributed by atoms with Crippen LogP contribution in [0.4, 0.5) is 24.0 Å². The van der Waals surface area contributed by atoms with Crippen LogP contribution in [0.5, 0.6) is 5.75 Å². The lowest BCUT2D eigenvalue weighted by molar-refractivity contribution is -0.173. The van der Waals surface area contributed by atoms with E-state index in [0.717, 1.165) is 40.8 Å². The number of primary amides is 1. The number of nitrogens with one attached hydrogen (secondary N) is 2. The molecule has 2 unspecified atom stereocenters. The average Bonchev–Trinajstić information content (AvgIpc) is 3.36.